The average molecular weight is 502 g/mol. The van der Waals surface area contributed by atoms with Gasteiger partial charge >= 0.3 is 0 Å². The van der Waals surface area contributed by atoms with Gasteiger partial charge in [-0.3, -0.25) is 9.69 Å². The number of fused-ring (bicyclic) bond motifs is 1. The lowest BCUT2D eigenvalue weighted by Gasteiger charge is -2.39. The van der Waals surface area contributed by atoms with Crippen LogP contribution in [-0.2, 0) is 0 Å². The molecule has 1 saturated carbocycles. The van der Waals surface area contributed by atoms with E-state index in [0.717, 1.165) is 72.6 Å². The van der Waals surface area contributed by atoms with E-state index in [1.807, 2.05) is 29.8 Å². The third-order valence-corrected chi connectivity index (χ3v) is 7.92. The highest BCUT2D eigenvalue weighted by atomic mass is 19.1. The van der Waals surface area contributed by atoms with Gasteiger partial charge in [0.15, 0.2) is 5.82 Å². The van der Waals surface area contributed by atoms with Crippen molar-refractivity contribution in [2.24, 2.45) is 0 Å². The van der Waals surface area contributed by atoms with Crippen LogP contribution in [0.3, 0.4) is 0 Å². The quantitative estimate of drug-likeness (QED) is 0.439. The van der Waals surface area contributed by atoms with Crippen LogP contribution in [-0.4, -0.2) is 56.3 Å². The van der Waals surface area contributed by atoms with Crippen molar-refractivity contribution in [2.75, 3.05) is 31.1 Å². The molecular weight excluding hydrogens is 469 g/mol. The molecule has 1 aliphatic heterocycles. The Kier molecular flexibility index (Phi) is 6.24. The third kappa shape index (κ3) is 4.52. The summed E-state index contributed by atoms with van der Waals surface area (Å²) in [7, 11) is 0. The fourth-order valence-electron chi connectivity index (χ4n) is 6.09. The number of aromatic amines is 1. The molecule has 1 saturated heterocycles. The zero-order valence-corrected chi connectivity index (χ0v) is 21.3. The van der Waals surface area contributed by atoms with Crippen molar-refractivity contribution in [1.82, 2.24) is 30.1 Å². The topological polar surface area (TPSA) is 82.9 Å². The Hall–Kier alpha value is -3.59. The van der Waals surface area contributed by atoms with Gasteiger partial charge in [0.05, 0.1) is 11.6 Å². The molecule has 8 nitrogen and oxygen atoms in total. The molecule has 1 atom stereocenters. The van der Waals surface area contributed by atoms with E-state index >= 15 is 0 Å². The smallest absolute Gasteiger partial charge is 0.253 e. The lowest BCUT2D eigenvalue weighted by molar-refractivity contribution is 0.197. The second-order valence-corrected chi connectivity index (χ2v) is 10.4. The Balaban J connectivity index is 1.40. The highest BCUT2D eigenvalue weighted by Crippen LogP contribution is 2.34. The number of nitrogens with zero attached hydrogens (tertiary/aromatic N) is 6. The Bertz CT molecular complexity index is 1460. The van der Waals surface area contributed by atoms with E-state index in [0.29, 0.717) is 5.56 Å². The second kappa shape index (κ2) is 9.70. The van der Waals surface area contributed by atoms with Crippen molar-refractivity contribution >= 4 is 16.6 Å². The number of hydrogen-bond acceptors (Lipinski definition) is 6. The Morgan fingerprint density at radius 3 is 2.46 bits per heavy atom. The summed E-state index contributed by atoms with van der Waals surface area (Å²) in [5.41, 5.74) is 4.65. The van der Waals surface area contributed by atoms with Crippen molar-refractivity contribution in [3.63, 3.8) is 0 Å². The number of hydrogen-bond donors (Lipinski definition) is 1. The molecular formula is C28H32FN7O. The van der Waals surface area contributed by atoms with Gasteiger partial charge in [0.25, 0.3) is 5.56 Å². The fourth-order valence-corrected chi connectivity index (χ4v) is 6.09. The van der Waals surface area contributed by atoms with Crippen LogP contribution in [0.4, 0.5) is 10.1 Å². The molecule has 4 aromatic rings. The number of halogens is 1. The van der Waals surface area contributed by atoms with Crippen molar-refractivity contribution in [3.05, 3.63) is 81.2 Å². The van der Waals surface area contributed by atoms with Gasteiger partial charge in [-0.1, -0.05) is 24.5 Å². The predicted octanol–water partition coefficient (Wildman–Crippen LogP) is 4.30. The SMILES string of the molecule is Cc1cc(C)c2[nH]c(=O)c(C(c3nnnn3C3CCCC3)N3CCN(c4ccc(F)cc4)CC3)cc2c1. The van der Waals surface area contributed by atoms with Crippen LogP contribution in [0.1, 0.15) is 60.3 Å². The average Bonchev–Trinajstić information content (AvgIpc) is 3.58. The van der Waals surface area contributed by atoms with Gasteiger partial charge in [-0.15, -0.1) is 5.10 Å². The third-order valence-electron chi connectivity index (χ3n) is 7.92. The van der Waals surface area contributed by atoms with Crippen molar-refractivity contribution < 1.29 is 4.39 Å². The summed E-state index contributed by atoms with van der Waals surface area (Å²) >= 11 is 0. The van der Waals surface area contributed by atoms with E-state index in [1.165, 1.54) is 25.0 Å². The first-order valence-electron chi connectivity index (χ1n) is 13.1. The second-order valence-electron chi connectivity index (χ2n) is 10.4. The minimum Gasteiger partial charge on any atom is -0.369 e. The van der Waals surface area contributed by atoms with Gasteiger partial charge in [0, 0.05) is 37.4 Å². The van der Waals surface area contributed by atoms with Crippen LogP contribution in [0.25, 0.3) is 10.9 Å². The standard InChI is InChI=1S/C28H32FN7O/c1-18-15-19(2)25-20(16-18)17-24(28(37)30-25)26(27-31-32-33-36(27)23-5-3-4-6-23)35-13-11-34(12-14-35)22-9-7-21(29)8-10-22/h7-10,15-17,23,26H,3-6,11-14H2,1-2H3,(H,30,37). The number of nitrogens with one attached hydrogen (secondary N) is 1. The van der Waals surface area contributed by atoms with Crippen LogP contribution in [0.2, 0.25) is 0 Å². The summed E-state index contributed by atoms with van der Waals surface area (Å²) in [5.74, 6) is 0.499. The molecule has 9 heteroatoms. The molecule has 0 bridgehead atoms. The van der Waals surface area contributed by atoms with E-state index in [4.69, 9.17) is 0 Å². The molecule has 2 aromatic heterocycles. The molecule has 0 amide bonds. The van der Waals surface area contributed by atoms with Crippen LogP contribution in [0.5, 0.6) is 0 Å². The highest BCUT2D eigenvalue weighted by Gasteiger charge is 2.34. The van der Waals surface area contributed by atoms with Gasteiger partial charge in [-0.05, 0) is 84.5 Å². The van der Waals surface area contributed by atoms with Crippen LogP contribution in [0, 0.1) is 19.7 Å². The number of benzene rings is 2. The maximum atomic E-state index is 13.6. The van der Waals surface area contributed by atoms with Gasteiger partial charge < -0.3 is 9.88 Å². The first-order chi connectivity index (χ1) is 18.0. The number of H-pyrrole nitrogens is 1. The number of pyridine rings is 1. The van der Waals surface area contributed by atoms with Crippen LogP contribution < -0.4 is 10.5 Å². The maximum absolute atomic E-state index is 13.6. The van der Waals surface area contributed by atoms with Crippen LogP contribution >= 0.6 is 0 Å². The molecule has 2 aliphatic rings. The van der Waals surface area contributed by atoms with Gasteiger partial charge in [-0.2, -0.15) is 0 Å². The molecule has 1 aliphatic carbocycles. The zero-order valence-electron chi connectivity index (χ0n) is 21.3. The van der Waals surface area contributed by atoms with E-state index in [1.54, 1.807) is 0 Å². The van der Waals surface area contributed by atoms with E-state index in [-0.39, 0.29) is 23.5 Å². The van der Waals surface area contributed by atoms with E-state index < -0.39 is 0 Å². The first-order valence-corrected chi connectivity index (χ1v) is 13.1. The van der Waals surface area contributed by atoms with Crippen molar-refractivity contribution in [2.45, 2.75) is 51.6 Å². The summed E-state index contributed by atoms with van der Waals surface area (Å²) in [5, 5.41) is 14.0. The Labute approximate surface area is 215 Å². The number of rotatable bonds is 5. The largest absolute Gasteiger partial charge is 0.369 e. The summed E-state index contributed by atoms with van der Waals surface area (Å²) in [6, 6.07) is 12.8. The lowest BCUT2D eigenvalue weighted by atomic mass is 10.00. The summed E-state index contributed by atoms with van der Waals surface area (Å²) in [6.07, 6.45) is 4.44. The molecule has 6 rings (SSSR count). The van der Waals surface area contributed by atoms with Gasteiger partial charge in [-0.25, -0.2) is 9.07 Å². The lowest BCUT2D eigenvalue weighted by Crippen LogP contribution is -2.49. The number of aromatic nitrogens is 5. The number of aryl methyl sites for hydroxylation is 2. The predicted molar refractivity (Wildman–Crippen MR) is 141 cm³/mol. The first kappa shape index (κ1) is 23.8. The molecule has 3 heterocycles. The molecule has 1 N–H and O–H groups in total. The molecule has 37 heavy (non-hydrogen) atoms. The van der Waals surface area contributed by atoms with E-state index in [9.17, 15) is 9.18 Å². The Morgan fingerprint density at radius 1 is 1.00 bits per heavy atom. The Morgan fingerprint density at radius 2 is 1.73 bits per heavy atom. The van der Waals surface area contributed by atoms with Gasteiger partial charge in [0.2, 0.25) is 0 Å². The normalized spacial score (nSPS) is 18.1. The van der Waals surface area contributed by atoms with Crippen molar-refractivity contribution in [3.8, 4) is 0 Å². The molecule has 0 radical (unpaired) electrons. The number of tetrazole rings is 1. The monoisotopic (exact) mass is 501 g/mol. The zero-order chi connectivity index (χ0) is 25.5. The van der Waals surface area contributed by atoms with E-state index in [2.05, 4.69) is 49.4 Å². The number of piperazine rings is 1. The minimum atomic E-state index is -0.361. The molecule has 2 aromatic carbocycles. The van der Waals surface area contributed by atoms with Gasteiger partial charge in [0.1, 0.15) is 11.9 Å². The summed E-state index contributed by atoms with van der Waals surface area (Å²) < 4.78 is 15.4. The summed E-state index contributed by atoms with van der Waals surface area (Å²) in [4.78, 5) is 21.3. The fraction of sp³-hybridized carbons (Fsp3) is 0.429. The molecule has 1 unspecified atom stereocenters. The van der Waals surface area contributed by atoms with Crippen LogP contribution in [0.15, 0.2) is 47.3 Å². The minimum absolute atomic E-state index is 0.105. The molecule has 2 fully saturated rings. The molecule has 0 spiro atoms. The maximum Gasteiger partial charge on any atom is 0.253 e. The number of anilines is 1. The van der Waals surface area contributed by atoms with Crippen molar-refractivity contribution in [1.29, 1.82) is 0 Å². The molecule has 192 valence electrons. The summed E-state index contributed by atoms with van der Waals surface area (Å²) in [6.45, 7) is 7.07. The highest BCUT2D eigenvalue weighted by molar-refractivity contribution is 5.83.